The third-order valence-electron chi connectivity index (χ3n) is 3.10. The maximum absolute atomic E-state index is 5.60. The van der Waals surface area contributed by atoms with Gasteiger partial charge in [-0.1, -0.05) is 13.3 Å². The van der Waals surface area contributed by atoms with Crippen LogP contribution in [0.1, 0.15) is 32.6 Å². The molecule has 0 aromatic heterocycles. The molecule has 15 heavy (non-hydrogen) atoms. The van der Waals surface area contributed by atoms with E-state index in [4.69, 9.17) is 9.47 Å². The molecule has 1 rings (SSSR count). The molecule has 1 fully saturated rings. The summed E-state index contributed by atoms with van der Waals surface area (Å²) in [6.07, 6.45) is 5.33. The fourth-order valence-corrected chi connectivity index (χ4v) is 1.89. The summed E-state index contributed by atoms with van der Waals surface area (Å²) in [4.78, 5) is 0. The van der Waals surface area contributed by atoms with Crippen molar-refractivity contribution in [1.82, 2.24) is 5.32 Å². The Hall–Kier alpha value is -0.120. The maximum Gasteiger partial charge on any atom is 0.0701 e. The van der Waals surface area contributed by atoms with E-state index in [9.17, 15) is 0 Å². The summed E-state index contributed by atoms with van der Waals surface area (Å²) in [5, 5.41) is 3.58. The summed E-state index contributed by atoms with van der Waals surface area (Å²) >= 11 is 0. The molecule has 0 saturated heterocycles. The van der Waals surface area contributed by atoms with Gasteiger partial charge < -0.3 is 14.8 Å². The monoisotopic (exact) mass is 215 g/mol. The van der Waals surface area contributed by atoms with Gasteiger partial charge >= 0.3 is 0 Å². The highest BCUT2D eigenvalue weighted by atomic mass is 16.5. The van der Waals surface area contributed by atoms with Crippen LogP contribution < -0.4 is 5.32 Å². The number of hydrogen-bond acceptors (Lipinski definition) is 3. The van der Waals surface area contributed by atoms with E-state index in [0.717, 1.165) is 19.1 Å². The van der Waals surface area contributed by atoms with Gasteiger partial charge in [0.05, 0.1) is 19.8 Å². The van der Waals surface area contributed by atoms with Crippen LogP contribution in [0, 0.1) is 5.92 Å². The minimum absolute atomic E-state index is 0.565. The molecule has 0 bridgehead atoms. The second kappa shape index (κ2) is 8.08. The highest BCUT2D eigenvalue weighted by Gasteiger charge is 2.26. The van der Waals surface area contributed by atoms with Crippen molar-refractivity contribution in [2.75, 3.05) is 33.5 Å². The van der Waals surface area contributed by atoms with Gasteiger partial charge in [0, 0.05) is 13.2 Å². The second-order valence-corrected chi connectivity index (χ2v) is 4.32. The highest BCUT2D eigenvalue weighted by Crippen LogP contribution is 2.29. The molecule has 0 aromatic carbocycles. The van der Waals surface area contributed by atoms with Gasteiger partial charge in [0.15, 0.2) is 0 Å². The molecule has 1 saturated carbocycles. The molecule has 1 aliphatic rings. The molecule has 3 heteroatoms. The smallest absolute Gasteiger partial charge is 0.0701 e. The van der Waals surface area contributed by atoms with Crippen molar-refractivity contribution >= 4 is 0 Å². The predicted octanol–water partition coefficient (Wildman–Crippen LogP) is 1.82. The molecule has 1 N–H and O–H groups in total. The minimum Gasteiger partial charge on any atom is -0.382 e. The molecule has 1 aliphatic carbocycles. The van der Waals surface area contributed by atoms with Crippen molar-refractivity contribution < 1.29 is 9.47 Å². The normalized spacial score (nSPS) is 18.8. The van der Waals surface area contributed by atoms with Gasteiger partial charge in [0.1, 0.15) is 0 Å². The zero-order valence-corrected chi connectivity index (χ0v) is 10.1. The quantitative estimate of drug-likeness (QED) is 0.595. The van der Waals surface area contributed by atoms with E-state index in [-0.39, 0.29) is 0 Å². The summed E-state index contributed by atoms with van der Waals surface area (Å²) in [6, 6.07) is 0.565. The van der Waals surface area contributed by atoms with Gasteiger partial charge in [0.2, 0.25) is 0 Å². The zero-order chi connectivity index (χ0) is 10.9. The Morgan fingerprint density at radius 3 is 2.67 bits per heavy atom. The average Bonchev–Trinajstić information content (AvgIpc) is 2.17. The molecule has 0 heterocycles. The third-order valence-corrected chi connectivity index (χ3v) is 3.10. The standard InChI is InChI=1S/C12H25NO2/c1-3-7-13-12(11-5-4-6-11)10-15-9-8-14-2/h11-13H,3-10H2,1-2H3. The van der Waals surface area contributed by atoms with Crippen LogP contribution in [0.5, 0.6) is 0 Å². The van der Waals surface area contributed by atoms with E-state index in [0.29, 0.717) is 19.3 Å². The lowest BCUT2D eigenvalue weighted by Crippen LogP contribution is -2.43. The molecule has 0 amide bonds. The predicted molar refractivity (Wildman–Crippen MR) is 62.1 cm³/mol. The van der Waals surface area contributed by atoms with Gasteiger partial charge in [-0.05, 0) is 31.7 Å². The first kappa shape index (κ1) is 12.9. The van der Waals surface area contributed by atoms with Gasteiger partial charge in [-0.3, -0.25) is 0 Å². The Labute approximate surface area is 93.5 Å². The first-order valence-electron chi connectivity index (χ1n) is 6.18. The number of nitrogens with one attached hydrogen (secondary N) is 1. The topological polar surface area (TPSA) is 30.5 Å². The lowest BCUT2D eigenvalue weighted by atomic mass is 9.80. The minimum atomic E-state index is 0.565. The largest absolute Gasteiger partial charge is 0.382 e. The molecule has 3 nitrogen and oxygen atoms in total. The summed E-state index contributed by atoms with van der Waals surface area (Å²) in [5.41, 5.74) is 0. The molecular formula is C12H25NO2. The van der Waals surface area contributed by atoms with Crippen LogP contribution in [0.25, 0.3) is 0 Å². The molecule has 90 valence electrons. The second-order valence-electron chi connectivity index (χ2n) is 4.32. The Kier molecular flexibility index (Phi) is 6.98. The van der Waals surface area contributed by atoms with Crippen molar-refractivity contribution in [3.63, 3.8) is 0 Å². The molecule has 0 spiro atoms. The lowest BCUT2D eigenvalue weighted by molar-refractivity contribution is 0.0397. The van der Waals surface area contributed by atoms with E-state index in [1.54, 1.807) is 7.11 Å². The number of rotatable bonds is 9. The van der Waals surface area contributed by atoms with Crippen molar-refractivity contribution in [3.05, 3.63) is 0 Å². The van der Waals surface area contributed by atoms with E-state index in [2.05, 4.69) is 12.2 Å². The van der Waals surface area contributed by atoms with Gasteiger partial charge in [0.25, 0.3) is 0 Å². The van der Waals surface area contributed by atoms with Gasteiger partial charge in [-0.15, -0.1) is 0 Å². The van der Waals surface area contributed by atoms with Crippen LogP contribution in [0.15, 0.2) is 0 Å². The Bertz CT molecular complexity index is 149. The van der Waals surface area contributed by atoms with Crippen LogP contribution in [-0.4, -0.2) is 39.5 Å². The highest BCUT2D eigenvalue weighted by molar-refractivity contribution is 4.82. The Balaban J connectivity index is 2.10. The van der Waals surface area contributed by atoms with Crippen LogP contribution in [0.4, 0.5) is 0 Å². The van der Waals surface area contributed by atoms with Gasteiger partial charge in [-0.25, -0.2) is 0 Å². The lowest BCUT2D eigenvalue weighted by Gasteiger charge is -2.34. The van der Waals surface area contributed by atoms with E-state index in [1.165, 1.54) is 25.7 Å². The summed E-state index contributed by atoms with van der Waals surface area (Å²) in [5.74, 6) is 0.846. The van der Waals surface area contributed by atoms with E-state index >= 15 is 0 Å². The SMILES string of the molecule is CCCNC(COCCOC)C1CCC1. The Morgan fingerprint density at radius 2 is 2.13 bits per heavy atom. The van der Waals surface area contributed by atoms with Crippen molar-refractivity contribution in [3.8, 4) is 0 Å². The van der Waals surface area contributed by atoms with Crippen molar-refractivity contribution in [1.29, 1.82) is 0 Å². The fraction of sp³-hybridized carbons (Fsp3) is 1.00. The molecule has 0 aliphatic heterocycles. The Morgan fingerprint density at radius 1 is 1.33 bits per heavy atom. The summed E-state index contributed by atoms with van der Waals surface area (Å²) in [7, 11) is 1.71. The van der Waals surface area contributed by atoms with Crippen LogP contribution in [0.3, 0.4) is 0 Å². The van der Waals surface area contributed by atoms with Crippen molar-refractivity contribution in [2.24, 2.45) is 5.92 Å². The number of methoxy groups -OCH3 is 1. The fourth-order valence-electron chi connectivity index (χ4n) is 1.89. The molecule has 0 radical (unpaired) electrons. The number of hydrogen-bond donors (Lipinski definition) is 1. The zero-order valence-electron chi connectivity index (χ0n) is 10.1. The summed E-state index contributed by atoms with van der Waals surface area (Å²) < 4.78 is 10.6. The average molecular weight is 215 g/mol. The van der Waals surface area contributed by atoms with E-state index < -0.39 is 0 Å². The number of ether oxygens (including phenoxy) is 2. The van der Waals surface area contributed by atoms with Gasteiger partial charge in [-0.2, -0.15) is 0 Å². The summed E-state index contributed by atoms with van der Waals surface area (Å²) in [6.45, 7) is 5.57. The first-order valence-corrected chi connectivity index (χ1v) is 6.18. The molecular weight excluding hydrogens is 190 g/mol. The molecule has 1 atom stereocenters. The van der Waals surface area contributed by atoms with Crippen LogP contribution in [-0.2, 0) is 9.47 Å². The molecule has 1 unspecified atom stereocenters. The van der Waals surface area contributed by atoms with Crippen molar-refractivity contribution in [2.45, 2.75) is 38.6 Å². The van der Waals surface area contributed by atoms with E-state index in [1.807, 2.05) is 0 Å². The molecule has 0 aromatic rings. The maximum atomic E-state index is 5.60. The van der Waals surface area contributed by atoms with Crippen LogP contribution >= 0.6 is 0 Å². The third kappa shape index (κ3) is 4.96. The van der Waals surface area contributed by atoms with Crippen LogP contribution in [0.2, 0.25) is 0 Å². The first-order chi connectivity index (χ1) is 7.38.